The highest BCUT2D eigenvalue weighted by Gasteiger charge is 2.38. The Morgan fingerprint density at radius 3 is 2.60 bits per heavy atom. The Morgan fingerprint density at radius 2 is 2.00 bits per heavy atom. The zero-order valence-corrected chi connectivity index (χ0v) is 13.9. The van der Waals surface area contributed by atoms with E-state index < -0.39 is 0 Å². The van der Waals surface area contributed by atoms with Crippen molar-refractivity contribution in [3.63, 3.8) is 0 Å². The summed E-state index contributed by atoms with van der Waals surface area (Å²) in [5, 5.41) is 13.7. The van der Waals surface area contributed by atoms with Gasteiger partial charge in [-0.15, -0.1) is 0 Å². The van der Waals surface area contributed by atoms with Crippen molar-refractivity contribution in [1.82, 2.24) is 14.8 Å². The number of pyridine rings is 1. The van der Waals surface area contributed by atoms with E-state index in [1.165, 1.54) is 7.11 Å². The molecule has 0 saturated carbocycles. The van der Waals surface area contributed by atoms with Crippen LogP contribution in [0, 0.1) is 11.3 Å². The maximum atomic E-state index is 9.47. The molecular weight excluding hydrogens is 322 g/mol. The average molecular weight is 341 g/mol. The predicted octanol–water partition coefficient (Wildman–Crippen LogP) is 1.00. The van der Waals surface area contributed by atoms with Crippen molar-refractivity contribution in [3.8, 4) is 11.9 Å². The van der Waals surface area contributed by atoms with E-state index in [0.29, 0.717) is 37.7 Å². The number of anilines is 1. The van der Waals surface area contributed by atoms with Gasteiger partial charge in [0.2, 0.25) is 5.88 Å². The molecule has 0 amide bonds. The van der Waals surface area contributed by atoms with E-state index in [4.69, 9.17) is 14.2 Å². The number of ether oxygens (including phenoxy) is 3. The molecule has 0 spiro atoms. The van der Waals surface area contributed by atoms with Crippen LogP contribution < -0.4 is 9.64 Å². The Bertz CT molecular complexity index is 757. The van der Waals surface area contributed by atoms with Crippen LogP contribution in [-0.2, 0) is 9.47 Å². The maximum absolute atomic E-state index is 9.47. The largest absolute Gasteiger partial charge is 0.480 e. The van der Waals surface area contributed by atoms with Crippen LogP contribution in [0.15, 0.2) is 30.7 Å². The standard InChI is InChI=1S/C17H19N5O3/c1-23-17-13(7-18)14(3-5-19-17)21-8-15-16(9-21)25-11-12(10-24-15)22-6-2-4-20-22/h2-6,12,15-16H,8-11H2,1H3/t15-,16-/m0/s1. The molecule has 0 N–H and O–H groups in total. The Hall–Kier alpha value is -2.63. The molecule has 4 rings (SSSR count). The second kappa shape index (κ2) is 6.70. The lowest BCUT2D eigenvalue weighted by Gasteiger charge is -2.21. The van der Waals surface area contributed by atoms with Crippen LogP contribution in [0.5, 0.6) is 5.88 Å². The van der Waals surface area contributed by atoms with Crippen molar-refractivity contribution in [1.29, 1.82) is 5.26 Å². The summed E-state index contributed by atoms with van der Waals surface area (Å²) in [4.78, 5) is 6.20. The second-order valence-electron chi connectivity index (χ2n) is 6.11. The number of rotatable bonds is 3. The van der Waals surface area contributed by atoms with E-state index >= 15 is 0 Å². The molecule has 2 aliphatic rings. The lowest BCUT2D eigenvalue weighted by Crippen LogP contribution is -2.27. The molecule has 2 fully saturated rings. The summed E-state index contributed by atoms with van der Waals surface area (Å²) in [5.74, 6) is 0.340. The summed E-state index contributed by atoms with van der Waals surface area (Å²) in [5.41, 5.74) is 1.24. The van der Waals surface area contributed by atoms with Crippen molar-refractivity contribution in [2.45, 2.75) is 18.2 Å². The van der Waals surface area contributed by atoms with Crippen LogP contribution in [-0.4, -0.2) is 60.4 Å². The number of nitriles is 1. The molecule has 25 heavy (non-hydrogen) atoms. The summed E-state index contributed by atoms with van der Waals surface area (Å²) < 4.78 is 19.2. The molecule has 0 aromatic carbocycles. The van der Waals surface area contributed by atoms with Crippen molar-refractivity contribution in [2.24, 2.45) is 0 Å². The van der Waals surface area contributed by atoms with Crippen molar-refractivity contribution in [3.05, 3.63) is 36.3 Å². The summed E-state index contributed by atoms with van der Waals surface area (Å²) in [7, 11) is 1.52. The molecule has 0 radical (unpaired) electrons. The summed E-state index contributed by atoms with van der Waals surface area (Å²) in [6.07, 6.45) is 5.26. The minimum atomic E-state index is -0.0359. The molecule has 0 unspecified atom stereocenters. The predicted molar refractivity (Wildman–Crippen MR) is 88.5 cm³/mol. The summed E-state index contributed by atoms with van der Waals surface area (Å²) in [6.45, 7) is 2.44. The van der Waals surface area contributed by atoms with Gasteiger partial charge in [-0.2, -0.15) is 10.4 Å². The van der Waals surface area contributed by atoms with Gasteiger partial charge in [-0.05, 0) is 12.1 Å². The van der Waals surface area contributed by atoms with Gasteiger partial charge in [0, 0.05) is 31.7 Å². The molecule has 2 atom stereocenters. The zero-order valence-electron chi connectivity index (χ0n) is 13.9. The van der Waals surface area contributed by atoms with Crippen LogP contribution in [0.3, 0.4) is 0 Å². The minimum Gasteiger partial charge on any atom is -0.480 e. The molecule has 8 heteroatoms. The zero-order chi connectivity index (χ0) is 17.2. The molecule has 130 valence electrons. The van der Waals surface area contributed by atoms with Crippen LogP contribution in [0.2, 0.25) is 0 Å². The minimum absolute atomic E-state index is 0.0359. The Kier molecular flexibility index (Phi) is 4.26. The summed E-state index contributed by atoms with van der Waals surface area (Å²) >= 11 is 0. The lowest BCUT2D eigenvalue weighted by molar-refractivity contribution is -0.00461. The maximum Gasteiger partial charge on any atom is 0.233 e. The van der Waals surface area contributed by atoms with Crippen LogP contribution in [0.4, 0.5) is 5.69 Å². The highest BCUT2D eigenvalue weighted by Crippen LogP contribution is 2.32. The molecule has 2 aromatic heterocycles. The first-order valence-corrected chi connectivity index (χ1v) is 8.20. The average Bonchev–Trinajstić information content (AvgIpc) is 3.28. The summed E-state index contributed by atoms with van der Waals surface area (Å²) in [6, 6.07) is 6.01. The van der Waals surface area contributed by atoms with Gasteiger partial charge in [0.25, 0.3) is 0 Å². The quantitative estimate of drug-likeness (QED) is 0.823. The fourth-order valence-electron chi connectivity index (χ4n) is 3.38. The monoisotopic (exact) mass is 341 g/mol. The molecule has 2 aromatic rings. The third kappa shape index (κ3) is 2.92. The fraction of sp³-hybridized carbons (Fsp3) is 0.471. The Labute approximate surface area is 145 Å². The van der Waals surface area contributed by atoms with Gasteiger partial charge in [0.05, 0.1) is 32.1 Å². The lowest BCUT2D eigenvalue weighted by atomic mass is 10.2. The molecule has 4 heterocycles. The van der Waals surface area contributed by atoms with Crippen LogP contribution in [0.1, 0.15) is 11.6 Å². The van der Waals surface area contributed by atoms with Gasteiger partial charge in [-0.25, -0.2) is 4.98 Å². The highest BCUT2D eigenvalue weighted by molar-refractivity contribution is 5.63. The fourth-order valence-corrected chi connectivity index (χ4v) is 3.38. The van der Waals surface area contributed by atoms with E-state index in [-0.39, 0.29) is 18.2 Å². The van der Waals surface area contributed by atoms with Gasteiger partial charge >= 0.3 is 0 Å². The first kappa shape index (κ1) is 15.9. The third-order valence-corrected chi connectivity index (χ3v) is 4.66. The van der Waals surface area contributed by atoms with E-state index in [2.05, 4.69) is 21.1 Å². The number of aromatic nitrogens is 3. The second-order valence-corrected chi connectivity index (χ2v) is 6.11. The topological polar surface area (TPSA) is 85.4 Å². The van der Waals surface area contributed by atoms with Crippen LogP contribution >= 0.6 is 0 Å². The number of nitrogens with zero attached hydrogens (tertiary/aromatic N) is 5. The van der Waals surface area contributed by atoms with E-state index in [1.54, 1.807) is 12.4 Å². The Balaban J connectivity index is 1.49. The van der Waals surface area contributed by atoms with Crippen molar-refractivity contribution < 1.29 is 14.2 Å². The highest BCUT2D eigenvalue weighted by atomic mass is 16.6. The van der Waals surface area contributed by atoms with Crippen molar-refractivity contribution in [2.75, 3.05) is 38.3 Å². The number of hydrogen-bond acceptors (Lipinski definition) is 7. The molecule has 2 saturated heterocycles. The van der Waals surface area contributed by atoms with Gasteiger partial charge in [-0.3, -0.25) is 4.68 Å². The SMILES string of the molecule is COc1nccc(N2C[C@@H]3OCC(n4cccn4)CO[C@H]3C2)c1C#N. The van der Waals surface area contributed by atoms with Crippen LogP contribution in [0.25, 0.3) is 0 Å². The normalized spacial score (nSPS) is 23.8. The molecule has 2 aliphatic heterocycles. The number of fused-ring (bicyclic) bond motifs is 1. The van der Waals surface area contributed by atoms with Crippen molar-refractivity contribution >= 4 is 5.69 Å². The Morgan fingerprint density at radius 1 is 1.24 bits per heavy atom. The smallest absolute Gasteiger partial charge is 0.233 e. The van der Waals surface area contributed by atoms with E-state index in [0.717, 1.165) is 5.69 Å². The third-order valence-electron chi connectivity index (χ3n) is 4.66. The number of hydrogen-bond donors (Lipinski definition) is 0. The van der Waals surface area contributed by atoms with E-state index in [9.17, 15) is 5.26 Å². The molecule has 8 nitrogen and oxygen atoms in total. The number of methoxy groups -OCH3 is 1. The van der Waals surface area contributed by atoms with E-state index in [1.807, 2.05) is 23.0 Å². The first-order valence-electron chi connectivity index (χ1n) is 8.20. The van der Waals surface area contributed by atoms with Gasteiger partial charge in [0.15, 0.2) is 0 Å². The van der Waals surface area contributed by atoms with Gasteiger partial charge in [0.1, 0.15) is 23.8 Å². The first-order chi connectivity index (χ1) is 12.3. The molecular formula is C17H19N5O3. The van der Waals surface area contributed by atoms with Gasteiger partial charge in [-0.1, -0.05) is 0 Å². The van der Waals surface area contributed by atoms with Gasteiger partial charge < -0.3 is 19.1 Å². The molecule has 0 bridgehead atoms. The molecule has 0 aliphatic carbocycles.